The van der Waals surface area contributed by atoms with Gasteiger partial charge >= 0.3 is 0 Å². The van der Waals surface area contributed by atoms with Gasteiger partial charge in [0.05, 0.1) is 5.69 Å². The molecule has 0 aliphatic carbocycles. The van der Waals surface area contributed by atoms with Crippen LogP contribution in [0, 0.1) is 19.8 Å². The van der Waals surface area contributed by atoms with E-state index in [1.54, 1.807) is 13.8 Å². The molecule has 2 aromatic heterocycles. The predicted molar refractivity (Wildman–Crippen MR) is 61.3 cm³/mol. The number of hydrogen-bond acceptors (Lipinski definition) is 4. The summed E-state index contributed by atoms with van der Waals surface area (Å²) in [5, 5.41) is 6.42. The third-order valence-corrected chi connectivity index (χ3v) is 2.55. The largest absolute Gasteiger partial charge is 0.361 e. The molecule has 2 heterocycles. The van der Waals surface area contributed by atoms with E-state index in [9.17, 15) is 9.18 Å². The summed E-state index contributed by atoms with van der Waals surface area (Å²) in [5.41, 5.74) is 1.58. The lowest BCUT2D eigenvalue weighted by atomic mass is 10.2. The summed E-state index contributed by atoms with van der Waals surface area (Å²) in [4.78, 5) is 15.2. The van der Waals surface area contributed by atoms with Crippen LogP contribution in [0.2, 0.25) is 0 Å². The van der Waals surface area contributed by atoms with E-state index in [2.05, 4.69) is 15.5 Å². The lowest BCUT2D eigenvalue weighted by Crippen LogP contribution is -2.24. The first-order chi connectivity index (χ1) is 8.58. The van der Waals surface area contributed by atoms with Crippen molar-refractivity contribution in [2.24, 2.45) is 0 Å². The third kappa shape index (κ3) is 2.53. The van der Waals surface area contributed by atoms with Crippen LogP contribution >= 0.6 is 0 Å². The highest BCUT2D eigenvalue weighted by Crippen LogP contribution is 2.11. The van der Waals surface area contributed by atoms with E-state index in [1.807, 2.05) is 0 Å². The highest BCUT2D eigenvalue weighted by atomic mass is 19.1. The van der Waals surface area contributed by atoms with E-state index in [0.29, 0.717) is 5.76 Å². The van der Waals surface area contributed by atoms with Crippen molar-refractivity contribution in [3.8, 4) is 0 Å². The summed E-state index contributed by atoms with van der Waals surface area (Å²) in [5.74, 6) is -0.463. The van der Waals surface area contributed by atoms with Gasteiger partial charge in [0, 0.05) is 12.1 Å². The highest BCUT2D eigenvalue weighted by Gasteiger charge is 2.12. The molecule has 1 amide bonds. The molecule has 0 atom stereocenters. The van der Waals surface area contributed by atoms with Crippen LogP contribution in [-0.2, 0) is 6.54 Å². The second-order valence-corrected chi connectivity index (χ2v) is 3.83. The summed E-state index contributed by atoms with van der Waals surface area (Å²) in [7, 11) is 0. The number of rotatable bonds is 3. The Hall–Kier alpha value is -2.24. The smallest absolute Gasteiger partial charge is 0.270 e. The molecule has 0 unspecified atom stereocenters. The Morgan fingerprint density at radius 1 is 1.44 bits per heavy atom. The van der Waals surface area contributed by atoms with Crippen molar-refractivity contribution in [1.82, 2.24) is 15.5 Å². The molecule has 0 radical (unpaired) electrons. The van der Waals surface area contributed by atoms with Crippen LogP contribution in [0.3, 0.4) is 0 Å². The summed E-state index contributed by atoms with van der Waals surface area (Å²) < 4.78 is 17.8. The van der Waals surface area contributed by atoms with Crippen LogP contribution in [0.5, 0.6) is 0 Å². The molecule has 5 nitrogen and oxygen atoms in total. The molecule has 0 aliphatic rings. The number of nitrogens with zero attached hydrogens (tertiary/aromatic N) is 2. The summed E-state index contributed by atoms with van der Waals surface area (Å²) in [6.45, 7) is 3.83. The molecule has 18 heavy (non-hydrogen) atoms. The number of aryl methyl sites for hydroxylation is 2. The molecule has 0 spiro atoms. The number of aromatic nitrogens is 2. The number of pyridine rings is 1. The van der Waals surface area contributed by atoms with Crippen molar-refractivity contribution in [3.05, 3.63) is 46.9 Å². The van der Waals surface area contributed by atoms with Gasteiger partial charge in [-0.3, -0.25) is 4.79 Å². The highest BCUT2D eigenvalue weighted by molar-refractivity contribution is 5.92. The molecule has 1 N–H and O–H groups in total. The third-order valence-electron chi connectivity index (χ3n) is 2.55. The minimum absolute atomic E-state index is 0.0433. The zero-order chi connectivity index (χ0) is 13.1. The van der Waals surface area contributed by atoms with Gasteiger partial charge in [-0.15, -0.1) is 0 Å². The predicted octanol–water partition coefficient (Wildman–Crippen LogP) is 1.76. The monoisotopic (exact) mass is 249 g/mol. The fourth-order valence-electron chi connectivity index (χ4n) is 1.55. The van der Waals surface area contributed by atoms with E-state index < -0.39 is 11.9 Å². The maximum atomic E-state index is 12.9. The zero-order valence-electron chi connectivity index (χ0n) is 10.0. The summed E-state index contributed by atoms with van der Waals surface area (Å²) in [6.07, 6.45) is 0. The topological polar surface area (TPSA) is 68.0 Å². The molecule has 2 rings (SSSR count). The van der Waals surface area contributed by atoms with Crippen molar-refractivity contribution in [3.63, 3.8) is 0 Å². The second-order valence-electron chi connectivity index (χ2n) is 3.83. The van der Waals surface area contributed by atoms with Gasteiger partial charge in [-0.1, -0.05) is 11.2 Å². The summed E-state index contributed by atoms with van der Waals surface area (Å²) >= 11 is 0. The van der Waals surface area contributed by atoms with Gasteiger partial charge in [0.1, 0.15) is 11.5 Å². The lowest BCUT2D eigenvalue weighted by Gasteiger charge is -2.04. The molecular formula is C12H12FN3O2. The first-order valence-corrected chi connectivity index (χ1v) is 5.40. The van der Waals surface area contributed by atoms with Crippen LogP contribution in [0.25, 0.3) is 0 Å². The first kappa shape index (κ1) is 12.2. The van der Waals surface area contributed by atoms with E-state index in [-0.39, 0.29) is 12.2 Å². The van der Waals surface area contributed by atoms with Gasteiger partial charge in [0.25, 0.3) is 5.91 Å². The summed E-state index contributed by atoms with van der Waals surface area (Å²) in [6, 6.07) is 4.07. The molecule has 0 bridgehead atoms. The van der Waals surface area contributed by atoms with E-state index in [4.69, 9.17) is 4.52 Å². The van der Waals surface area contributed by atoms with Crippen LogP contribution in [0.4, 0.5) is 4.39 Å². The number of amides is 1. The lowest BCUT2D eigenvalue weighted by molar-refractivity contribution is 0.0944. The zero-order valence-corrected chi connectivity index (χ0v) is 10.0. The Balaban J connectivity index is 2.05. The van der Waals surface area contributed by atoms with Gasteiger partial charge in [-0.25, -0.2) is 4.98 Å². The van der Waals surface area contributed by atoms with E-state index in [1.165, 1.54) is 18.2 Å². The minimum atomic E-state index is -0.681. The van der Waals surface area contributed by atoms with Gasteiger partial charge < -0.3 is 9.84 Å². The maximum Gasteiger partial charge on any atom is 0.270 e. The van der Waals surface area contributed by atoms with Crippen molar-refractivity contribution in [1.29, 1.82) is 0 Å². The van der Waals surface area contributed by atoms with Crippen LogP contribution < -0.4 is 5.32 Å². The van der Waals surface area contributed by atoms with E-state index >= 15 is 0 Å². The molecule has 0 saturated carbocycles. The Kier molecular flexibility index (Phi) is 3.36. The number of halogens is 1. The Morgan fingerprint density at radius 3 is 2.83 bits per heavy atom. The SMILES string of the molecule is Cc1noc(C)c1CNC(=O)c1cccc(F)n1. The van der Waals surface area contributed by atoms with Gasteiger partial charge in [-0.2, -0.15) is 4.39 Å². The molecule has 0 saturated heterocycles. The molecule has 0 aromatic carbocycles. The molecule has 2 aromatic rings. The van der Waals surface area contributed by atoms with Crippen molar-refractivity contribution >= 4 is 5.91 Å². The van der Waals surface area contributed by atoms with Gasteiger partial charge in [-0.05, 0) is 26.0 Å². The number of carbonyl (C=O) groups excluding carboxylic acids is 1. The molecule has 94 valence electrons. The second kappa shape index (κ2) is 4.95. The maximum absolute atomic E-state index is 12.9. The Morgan fingerprint density at radius 2 is 2.22 bits per heavy atom. The molecule has 0 fully saturated rings. The van der Waals surface area contributed by atoms with Crippen molar-refractivity contribution < 1.29 is 13.7 Å². The number of carbonyl (C=O) groups is 1. The van der Waals surface area contributed by atoms with Crippen molar-refractivity contribution in [2.45, 2.75) is 20.4 Å². The molecular weight excluding hydrogens is 237 g/mol. The standard InChI is InChI=1S/C12H12FN3O2/c1-7-9(8(2)18-16-7)6-14-12(17)10-4-3-5-11(13)15-10/h3-5H,6H2,1-2H3,(H,14,17). The van der Waals surface area contributed by atoms with Crippen molar-refractivity contribution in [2.75, 3.05) is 0 Å². The van der Waals surface area contributed by atoms with Crippen LogP contribution in [0.1, 0.15) is 27.5 Å². The minimum Gasteiger partial charge on any atom is -0.361 e. The van der Waals surface area contributed by atoms with Crippen LogP contribution in [-0.4, -0.2) is 16.0 Å². The fraction of sp³-hybridized carbons (Fsp3) is 0.250. The van der Waals surface area contributed by atoms with Gasteiger partial charge in [0.15, 0.2) is 0 Å². The van der Waals surface area contributed by atoms with E-state index in [0.717, 1.165) is 11.3 Å². The normalized spacial score (nSPS) is 10.4. The molecule has 0 aliphatic heterocycles. The quantitative estimate of drug-likeness (QED) is 0.841. The van der Waals surface area contributed by atoms with Gasteiger partial charge in [0.2, 0.25) is 5.95 Å². The average molecular weight is 249 g/mol. The first-order valence-electron chi connectivity index (χ1n) is 5.40. The molecule has 6 heteroatoms. The number of hydrogen-bond donors (Lipinski definition) is 1. The Bertz CT molecular complexity index is 561. The fourth-order valence-corrected chi connectivity index (χ4v) is 1.55. The number of nitrogens with one attached hydrogen (secondary N) is 1. The average Bonchev–Trinajstić information content (AvgIpc) is 2.66. The Labute approximate surface area is 103 Å². The van der Waals surface area contributed by atoms with Crippen LogP contribution in [0.15, 0.2) is 22.7 Å².